The van der Waals surface area contributed by atoms with Crippen LogP contribution in [0.25, 0.3) is 0 Å². The average molecular weight is 325 g/mol. The highest BCUT2D eigenvalue weighted by atomic mass is 15.0. The van der Waals surface area contributed by atoms with Crippen molar-refractivity contribution < 1.29 is 0 Å². The second-order valence-corrected chi connectivity index (χ2v) is 10.8. The van der Waals surface area contributed by atoms with Crippen LogP contribution in [-0.4, -0.2) is 11.1 Å². The number of hydrogen-bond donors (Lipinski definition) is 2. The van der Waals surface area contributed by atoms with Crippen LogP contribution in [0.1, 0.15) is 77.0 Å². The Labute approximate surface area is 146 Å². The fourth-order valence-electron chi connectivity index (χ4n) is 8.67. The molecule has 2 heteroatoms. The van der Waals surface area contributed by atoms with E-state index in [9.17, 15) is 0 Å². The van der Waals surface area contributed by atoms with Crippen molar-refractivity contribution in [3.63, 3.8) is 0 Å². The van der Waals surface area contributed by atoms with Gasteiger partial charge in [-0.25, -0.2) is 0 Å². The van der Waals surface area contributed by atoms with Crippen LogP contribution < -0.4 is 10.6 Å². The molecule has 2 nitrogen and oxygen atoms in total. The van der Waals surface area contributed by atoms with E-state index < -0.39 is 0 Å². The van der Waals surface area contributed by atoms with Gasteiger partial charge in [-0.05, 0) is 113 Å². The smallest absolute Gasteiger partial charge is 0.0458 e. The van der Waals surface area contributed by atoms with E-state index in [0.717, 1.165) is 35.5 Å². The SMILES string of the molecule is C(#CNC12CCC3CC(CC3C1)C2)NC12CC3CC(CC(C3)C1)C2. The Kier molecular flexibility index (Phi) is 2.91. The van der Waals surface area contributed by atoms with E-state index in [1.165, 1.54) is 77.0 Å². The summed E-state index contributed by atoms with van der Waals surface area (Å²) in [6.45, 7) is 0. The summed E-state index contributed by atoms with van der Waals surface area (Å²) in [4.78, 5) is 0. The molecule has 130 valence electrons. The average Bonchev–Trinajstić information content (AvgIpc) is 2.74. The Hall–Kier alpha value is -0.840. The first-order valence-electron chi connectivity index (χ1n) is 10.7. The Morgan fingerprint density at radius 2 is 1.12 bits per heavy atom. The maximum absolute atomic E-state index is 3.74. The Morgan fingerprint density at radius 1 is 0.583 bits per heavy atom. The monoisotopic (exact) mass is 324 g/mol. The van der Waals surface area contributed by atoms with E-state index in [2.05, 4.69) is 22.7 Å². The fraction of sp³-hybridized carbons (Fsp3) is 0.909. The van der Waals surface area contributed by atoms with Crippen molar-refractivity contribution in [1.29, 1.82) is 0 Å². The lowest BCUT2D eigenvalue weighted by Gasteiger charge is -2.56. The molecule has 7 rings (SSSR count). The summed E-state index contributed by atoms with van der Waals surface area (Å²) in [6, 6.07) is 6.81. The van der Waals surface area contributed by atoms with Gasteiger partial charge in [0, 0.05) is 23.2 Å². The molecule has 0 radical (unpaired) electrons. The molecule has 24 heavy (non-hydrogen) atoms. The molecule has 4 atom stereocenters. The number of hydrogen-bond acceptors (Lipinski definition) is 2. The molecule has 0 aromatic heterocycles. The lowest BCUT2D eigenvalue weighted by Crippen LogP contribution is -2.57. The third kappa shape index (κ3) is 2.16. The van der Waals surface area contributed by atoms with E-state index in [1.54, 1.807) is 0 Å². The van der Waals surface area contributed by atoms with Gasteiger partial charge in [0.05, 0.1) is 0 Å². The summed E-state index contributed by atoms with van der Waals surface area (Å²) in [5.74, 6) is 6.08. The minimum Gasteiger partial charge on any atom is -0.338 e. The Morgan fingerprint density at radius 3 is 1.83 bits per heavy atom. The second kappa shape index (κ2) is 4.87. The van der Waals surface area contributed by atoms with Gasteiger partial charge >= 0.3 is 0 Å². The van der Waals surface area contributed by atoms with Crippen LogP contribution >= 0.6 is 0 Å². The van der Waals surface area contributed by atoms with Gasteiger partial charge in [-0.2, -0.15) is 0 Å². The van der Waals surface area contributed by atoms with Gasteiger partial charge in [0.2, 0.25) is 0 Å². The minimum atomic E-state index is 0.372. The molecule has 0 aromatic rings. The summed E-state index contributed by atoms with van der Waals surface area (Å²) in [6.07, 6.45) is 17.4. The van der Waals surface area contributed by atoms with Crippen molar-refractivity contribution >= 4 is 0 Å². The molecule has 0 spiro atoms. The Bertz CT molecular complexity index is 552. The highest BCUT2D eigenvalue weighted by Gasteiger charge is 2.52. The zero-order chi connectivity index (χ0) is 15.8. The molecular weight excluding hydrogens is 292 g/mol. The third-order valence-electron chi connectivity index (χ3n) is 9.02. The maximum Gasteiger partial charge on any atom is 0.0458 e. The lowest BCUT2D eigenvalue weighted by molar-refractivity contribution is -0.0116. The first-order valence-corrected chi connectivity index (χ1v) is 10.7. The van der Waals surface area contributed by atoms with E-state index in [4.69, 9.17) is 0 Å². The standard InChI is InChI=1S/C22H32N2/c1-2-21(10-18-8-19(1)20(9-18)14-21)23-3-4-24-22-11-15-5-16(12-22)7-17(6-15)13-22/h15-20,23-24H,1-2,5-14H2. The zero-order valence-electron chi connectivity index (χ0n) is 14.9. The number of rotatable bonds is 2. The minimum absolute atomic E-state index is 0.372. The molecule has 2 N–H and O–H groups in total. The summed E-state index contributed by atoms with van der Waals surface area (Å²) in [5.41, 5.74) is 0.751. The van der Waals surface area contributed by atoms with Gasteiger partial charge in [-0.1, -0.05) is 0 Å². The molecule has 7 aliphatic carbocycles. The van der Waals surface area contributed by atoms with Crippen LogP contribution in [0.15, 0.2) is 0 Å². The van der Waals surface area contributed by atoms with Gasteiger partial charge in [-0.3, -0.25) is 0 Å². The van der Waals surface area contributed by atoms with Crippen LogP contribution in [0, 0.1) is 47.6 Å². The van der Waals surface area contributed by atoms with E-state index in [1.807, 2.05) is 0 Å². The van der Waals surface area contributed by atoms with Crippen LogP contribution in [-0.2, 0) is 0 Å². The molecule has 7 aliphatic rings. The zero-order valence-corrected chi connectivity index (χ0v) is 14.9. The summed E-state index contributed by atoms with van der Waals surface area (Å²) < 4.78 is 0. The van der Waals surface area contributed by atoms with Gasteiger partial charge < -0.3 is 10.6 Å². The van der Waals surface area contributed by atoms with E-state index in [-0.39, 0.29) is 0 Å². The highest BCUT2D eigenvalue weighted by molar-refractivity contribution is 5.14. The van der Waals surface area contributed by atoms with E-state index in [0.29, 0.717) is 11.1 Å². The largest absolute Gasteiger partial charge is 0.338 e. The molecular formula is C22H32N2. The molecule has 0 saturated heterocycles. The van der Waals surface area contributed by atoms with Crippen molar-refractivity contribution in [1.82, 2.24) is 10.6 Å². The van der Waals surface area contributed by atoms with Crippen molar-refractivity contribution in [2.75, 3.05) is 0 Å². The van der Waals surface area contributed by atoms with E-state index >= 15 is 0 Å². The van der Waals surface area contributed by atoms with Gasteiger partial charge in [0.15, 0.2) is 0 Å². The summed E-state index contributed by atoms with van der Waals surface area (Å²) in [7, 11) is 0. The van der Waals surface area contributed by atoms with Crippen molar-refractivity contribution in [2.24, 2.45) is 35.5 Å². The molecule has 0 heterocycles. The third-order valence-corrected chi connectivity index (χ3v) is 9.02. The molecule has 0 amide bonds. The van der Waals surface area contributed by atoms with Gasteiger partial charge in [0.25, 0.3) is 0 Å². The van der Waals surface area contributed by atoms with Crippen LogP contribution in [0.4, 0.5) is 0 Å². The quantitative estimate of drug-likeness (QED) is 0.592. The van der Waals surface area contributed by atoms with Crippen LogP contribution in [0.5, 0.6) is 0 Å². The Balaban J connectivity index is 1.13. The van der Waals surface area contributed by atoms with Crippen molar-refractivity contribution in [3.8, 4) is 12.1 Å². The molecule has 0 aromatic carbocycles. The number of nitrogens with one attached hydrogen (secondary N) is 2. The molecule has 0 aliphatic heterocycles. The fourth-order valence-corrected chi connectivity index (χ4v) is 8.67. The molecule has 4 unspecified atom stereocenters. The molecule has 7 fully saturated rings. The summed E-state index contributed by atoms with van der Waals surface area (Å²) in [5, 5.41) is 7.47. The van der Waals surface area contributed by atoms with Crippen molar-refractivity contribution in [2.45, 2.75) is 88.1 Å². The summed E-state index contributed by atoms with van der Waals surface area (Å²) >= 11 is 0. The predicted molar refractivity (Wildman–Crippen MR) is 95.9 cm³/mol. The van der Waals surface area contributed by atoms with Crippen LogP contribution in [0.2, 0.25) is 0 Å². The second-order valence-electron chi connectivity index (χ2n) is 10.8. The number of fused-ring (bicyclic) bond motifs is 2. The predicted octanol–water partition coefficient (Wildman–Crippen LogP) is 4.02. The first-order chi connectivity index (χ1) is 11.7. The maximum atomic E-state index is 3.74. The molecule has 7 saturated carbocycles. The normalized spacial score (nSPS) is 56.0. The molecule has 7 bridgehead atoms. The lowest BCUT2D eigenvalue weighted by atomic mass is 9.53. The van der Waals surface area contributed by atoms with Crippen molar-refractivity contribution in [3.05, 3.63) is 0 Å². The van der Waals surface area contributed by atoms with Gasteiger partial charge in [0.1, 0.15) is 0 Å². The first kappa shape index (κ1) is 14.3. The topological polar surface area (TPSA) is 24.1 Å². The highest BCUT2D eigenvalue weighted by Crippen LogP contribution is 2.57. The van der Waals surface area contributed by atoms with Crippen LogP contribution in [0.3, 0.4) is 0 Å². The van der Waals surface area contributed by atoms with Gasteiger partial charge in [-0.15, -0.1) is 0 Å².